The maximum atomic E-state index is 5.29. The van der Waals surface area contributed by atoms with Crippen LogP contribution in [0.2, 0.25) is 26.2 Å². The van der Waals surface area contributed by atoms with Gasteiger partial charge in [-0.25, -0.2) is 29.9 Å². The first-order valence-corrected chi connectivity index (χ1v) is 40.3. The van der Waals surface area contributed by atoms with Gasteiger partial charge in [-0.05, 0) is 119 Å². The zero-order valence-corrected chi connectivity index (χ0v) is 57.9. The van der Waals surface area contributed by atoms with Crippen molar-refractivity contribution >= 4 is 80.0 Å². The van der Waals surface area contributed by atoms with Crippen LogP contribution in [0, 0.1) is 0 Å². The van der Waals surface area contributed by atoms with Crippen LogP contribution in [-0.4, -0.2) is 46.1 Å². The van der Waals surface area contributed by atoms with Crippen molar-refractivity contribution in [3.63, 3.8) is 0 Å². The fraction of sp³-hybridized carbons (Fsp3) is 0.0435. The molecule has 19 rings (SSSR count). The summed E-state index contributed by atoms with van der Waals surface area (Å²) in [5.74, 6) is 3.97. The lowest BCUT2D eigenvalue weighted by atomic mass is 9.85. The minimum atomic E-state index is -1.87. The number of hydrogen-bond acceptors (Lipinski definition) is 6. The predicted molar refractivity (Wildman–Crippen MR) is 423 cm³/mol. The summed E-state index contributed by atoms with van der Waals surface area (Å²) >= 11 is 0. The number of hydrogen-bond donors (Lipinski definition) is 0. The van der Waals surface area contributed by atoms with Gasteiger partial charge in [-0.3, -0.25) is 0 Å². The van der Waals surface area contributed by atoms with Crippen LogP contribution in [0.3, 0.4) is 0 Å². The van der Waals surface area contributed by atoms with Crippen molar-refractivity contribution in [3.05, 3.63) is 328 Å². The van der Waals surface area contributed by atoms with E-state index in [9.17, 15) is 0 Å². The van der Waals surface area contributed by atoms with Crippen molar-refractivity contribution in [1.82, 2.24) is 29.9 Å². The molecule has 472 valence electrons. The highest BCUT2D eigenvalue weighted by Gasteiger charge is 2.41. The summed E-state index contributed by atoms with van der Waals surface area (Å²) in [6.07, 6.45) is 0. The monoisotopic (exact) mass is 1310 g/mol. The van der Waals surface area contributed by atoms with Gasteiger partial charge >= 0.3 is 0 Å². The number of aromatic nitrogens is 6. The van der Waals surface area contributed by atoms with E-state index in [1.165, 1.54) is 92.4 Å². The zero-order chi connectivity index (χ0) is 67.1. The fourth-order valence-corrected chi connectivity index (χ4v) is 22.1. The van der Waals surface area contributed by atoms with Gasteiger partial charge in [0.2, 0.25) is 0 Å². The van der Waals surface area contributed by atoms with Crippen LogP contribution in [0.5, 0.6) is 0 Å². The third-order valence-electron chi connectivity index (χ3n) is 20.7. The molecule has 15 aromatic carbocycles. The number of benzene rings is 15. The van der Waals surface area contributed by atoms with Crippen molar-refractivity contribution in [2.24, 2.45) is 0 Å². The molecule has 0 radical (unpaired) electrons. The molecule has 8 heteroatoms. The first kappa shape index (κ1) is 60.2. The molecule has 100 heavy (non-hydrogen) atoms. The van der Waals surface area contributed by atoms with Crippen LogP contribution in [0.4, 0.5) is 0 Å². The maximum Gasteiger partial charge on any atom is 0.165 e. The highest BCUT2D eigenvalue weighted by molar-refractivity contribution is 7.04. The fourth-order valence-electron chi connectivity index (χ4n) is 15.9. The van der Waals surface area contributed by atoms with Crippen LogP contribution in [0.15, 0.2) is 328 Å². The summed E-state index contributed by atoms with van der Waals surface area (Å²) in [4.78, 5) is 31.0. The smallest absolute Gasteiger partial charge is 0.165 e. The Bertz CT molecular complexity index is 5910. The molecule has 6 nitrogen and oxygen atoms in total. The zero-order valence-electron chi connectivity index (χ0n) is 55.9. The van der Waals surface area contributed by atoms with Gasteiger partial charge in [0.05, 0.1) is 0 Å². The van der Waals surface area contributed by atoms with E-state index in [2.05, 4.69) is 293 Å². The molecule has 4 heterocycles. The van der Waals surface area contributed by atoms with E-state index in [1.54, 1.807) is 0 Å². The van der Waals surface area contributed by atoms with E-state index in [-0.39, 0.29) is 0 Å². The standard InChI is InChI=1S/C49H35N3Si.C43H31N3Si/c1-53(2)42-26-14-13-24-40(42)45-41(25-15-27-43(45)53)44-36-20-9-11-22-38(36)46(39-23-12-10-21-37(39)44)49-51-47(34-18-7-4-8-19-34)50-48(52-49)35-30-28-33(29-31-35)32-16-5-3-6-17-32;1-47(2)36-26-14-13-24-34(36)39-35(25-15-27-37(39)47)38-30-20-9-11-22-32(30)40(33-23-12-10-21-31(33)38)43-45-41(28-16-5-3-6-17-28)44-42(46-43)29-18-7-4-8-19-29/h3-31H,1-2H3;3-27H,1-2H3. The lowest BCUT2D eigenvalue weighted by Gasteiger charge is -2.21. The molecule has 0 atom stereocenters. The Morgan fingerprint density at radius 2 is 0.380 bits per heavy atom. The molecule has 0 amide bonds. The van der Waals surface area contributed by atoms with Gasteiger partial charge < -0.3 is 0 Å². The van der Waals surface area contributed by atoms with E-state index in [4.69, 9.17) is 29.9 Å². The molecule has 0 saturated carbocycles. The molecule has 17 aromatic rings. The SMILES string of the molecule is C[Si]1(C)c2ccccc2-c2c(-c3c4ccccc4c(-c4nc(-c5ccccc5)nc(-c5ccc(-c6ccccc6)cc5)n4)c4ccccc34)cccc21.C[Si]1(C)c2ccccc2-c2c(-c3c4ccccc4c(-c4nc(-c5ccccc5)nc(-c5ccccc5)n4)c4ccccc34)cccc21. The average molecular weight is 1310 g/mol. The summed E-state index contributed by atoms with van der Waals surface area (Å²) in [7, 11) is -3.72. The van der Waals surface area contributed by atoms with Crippen LogP contribution in [-0.2, 0) is 0 Å². The van der Waals surface area contributed by atoms with Crippen molar-refractivity contribution < 1.29 is 0 Å². The van der Waals surface area contributed by atoms with E-state index < -0.39 is 16.1 Å². The molecule has 0 N–H and O–H groups in total. The Labute approximate surface area is 583 Å². The van der Waals surface area contributed by atoms with Gasteiger partial charge in [-0.1, -0.05) is 354 Å². The largest absolute Gasteiger partial charge is 0.208 e. The highest BCUT2D eigenvalue weighted by Crippen LogP contribution is 2.49. The molecule has 2 aliphatic heterocycles. The third-order valence-corrected chi connectivity index (χ3v) is 27.8. The van der Waals surface area contributed by atoms with E-state index in [0.29, 0.717) is 34.9 Å². The molecule has 0 saturated heterocycles. The van der Waals surface area contributed by atoms with E-state index in [0.717, 1.165) is 60.5 Å². The second-order valence-corrected chi connectivity index (χ2v) is 35.8. The lowest BCUT2D eigenvalue weighted by molar-refractivity contribution is 1.08. The van der Waals surface area contributed by atoms with Gasteiger partial charge in [-0.15, -0.1) is 0 Å². The second kappa shape index (κ2) is 24.4. The molecule has 0 spiro atoms. The first-order chi connectivity index (χ1) is 49.2. The Hall–Kier alpha value is -12.2. The molecule has 2 aromatic heterocycles. The highest BCUT2D eigenvalue weighted by atomic mass is 28.3. The third kappa shape index (κ3) is 10.0. The number of rotatable bonds is 9. The predicted octanol–water partition coefficient (Wildman–Crippen LogP) is 21.0. The number of fused-ring (bicyclic) bond motifs is 10. The first-order valence-electron chi connectivity index (χ1n) is 34.3. The van der Waals surface area contributed by atoms with Gasteiger partial charge in [0, 0.05) is 33.4 Å². The quantitative estimate of drug-likeness (QED) is 0.106. The summed E-state index contributed by atoms with van der Waals surface area (Å²) < 4.78 is 0. The molecule has 2 aliphatic rings. The molecule has 0 aliphatic carbocycles. The van der Waals surface area contributed by atoms with E-state index >= 15 is 0 Å². The topological polar surface area (TPSA) is 77.3 Å². The summed E-state index contributed by atoms with van der Waals surface area (Å²) in [5, 5.41) is 15.3. The molecular formula is C92H66N6Si2. The Balaban J connectivity index is 0.000000145. The summed E-state index contributed by atoms with van der Waals surface area (Å²) in [6, 6.07) is 117. The van der Waals surface area contributed by atoms with Crippen LogP contribution in [0.25, 0.3) is 167 Å². The maximum absolute atomic E-state index is 5.29. The number of nitrogens with zero attached hydrogens (tertiary/aromatic N) is 6. The lowest BCUT2D eigenvalue weighted by Crippen LogP contribution is -2.49. The van der Waals surface area contributed by atoms with Gasteiger partial charge in [0.1, 0.15) is 16.1 Å². The van der Waals surface area contributed by atoms with Gasteiger partial charge in [0.25, 0.3) is 0 Å². The van der Waals surface area contributed by atoms with Gasteiger partial charge in [-0.2, -0.15) is 0 Å². The van der Waals surface area contributed by atoms with Crippen molar-refractivity contribution in [3.8, 4) is 124 Å². The van der Waals surface area contributed by atoms with Crippen molar-refractivity contribution in [1.29, 1.82) is 0 Å². The molecular weight excluding hydrogens is 1250 g/mol. The van der Waals surface area contributed by atoms with E-state index in [1.807, 2.05) is 60.7 Å². The Morgan fingerprint density at radius 1 is 0.160 bits per heavy atom. The molecule has 0 bridgehead atoms. The average Bonchev–Trinajstić information content (AvgIpc) is 1.38. The van der Waals surface area contributed by atoms with Crippen LogP contribution >= 0.6 is 0 Å². The van der Waals surface area contributed by atoms with Crippen LogP contribution < -0.4 is 20.7 Å². The normalized spacial score (nSPS) is 13.0. The Morgan fingerprint density at radius 3 is 0.710 bits per heavy atom. The van der Waals surface area contributed by atoms with Crippen molar-refractivity contribution in [2.75, 3.05) is 0 Å². The Kier molecular flexibility index (Phi) is 14.7. The summed E-state index contributed by atoms with van der Waals surface area (Å²) in [5.41, 5.74) is 18.8. The molecule has 0 unspecified atom stereocenters. The minimum absolute atomic E-state index is 0.648. The second-order valence-electron chi connectivity index (χ2n) is 27.1. The van der Waals surface area contributed by atoms with Gasteiger partial charge in [0.15, 0.2) is 34.9 Å². The summed E-state index contributed by atoms with van der Waals surface area (Å²) in [6.45, 7) is 9.93. The van der Waals surface area contributed by atoms with Crippen LogP contribution in [0.1, 0.15) is 0 Å². The molecule has 0 fully saturated rings. The minimum Gasteiger partial charge on any atom is -0.208 e. The van der Waals surface area contributed by atoms with Crippen molar-refractivity contribution in [2.45, 2.75) is 26.2 Å².